The normalized spacial score (nSPS) is 17.8. The summed E-state index contributed by atoms with van der Waals surface area (Å²) < 4.78 is 0. The molecule has 1 aliphatic rings. The Morgan fingerprint density at radius 2 is 2.00 bits per heavy atom. The van der Waals surface area contributed by atoms with E-state index in [0.717, 1.165) is 19.5 Å². The lowest BCUT2D eigenvalue weighted by atomic mass is 10.1. The second kappa shape index (κ2) is 4.67. The molecule has 0 unspecified atom stereocenters. The molecule has 1 aromatic rings. The van der Waals surface area contributed by atoms with E-state index in [-0.39, 0.29) is 0 Å². The summed E-state index contributed by atoms with van der Waals surface area (Å²) in [6, 6.07) is 9.29. The molecule has 0 atom stereocenters. The molecule has 15 heavy (non-hydrogen) atoms. The van der Waals surface area contributed by atoms with Gasteiger partial charge in [-0.3, -0.25) is 4.90 Å². The summed E-state index contributed by atoms with van der Waals surface area (Å²) in [5.41, 5.74) is 2.77. The Kier molecular flexibility index (Phi) is 3.27. The SMILES string of the molecule is CC(C)N1CCNc2ccccc2CC1. The van der Waals surface area contributed by atoms with Crippen LogP contribution in [0, 0.1) is 0 Å². The number of benzene rings is 1. The minimum atomic E-state index is 0.650. The summed E-state index contributed by atoms with van der Waals surface area (Å²) in [5.74, 6) is 0. The maximum atomic E-state index is 3.51. The van der Waals surface area contributed by atoms with Crippen molar-refractivity contribution in [2.45, 2.75) is 26.3 Å². The van der Waals surface area contributed by atoms with Gasteiger partial charge in [0.2, 0.25) is 0 Å². The highest BCUT2D eigenvalue weighted by Gasteiger charge is 2.13. The monoisotopic (exact) mass is 204 g/mol. The van der Waals surface area contributed by atoms with Crippen LogP contribution in [0.15, 0.2) is 24.3 Å². The standard InChI is InChI=1S/C13H20N2/c1-11(2)15-9-7-12-5-3-4-6-13(12)14-8-10-15/h3-6,11,14H,7-10H2,1-2H3. The van der Waals surface area contributed by atoms with Crippen molar-refractivity contribution < 1.29 is 0 Å². The first kappa shape index (κ1) is 10.5. The van der Waals surface area contributed by atoms with E-state index >= 15 is 0 Å². The average Bonchev–Trinajstić information content (AvgIpc) is 2.18. The molecular formula is C13H20N2. The summed E-state index contributed by atoms with van der Waals surface area (Å²) in [4.78, 5) is 2.53. The predicted octanol–water partition coefficient (Wildman–Crippen LogP) is 2.37. The number of nitrogens with one attached hydrogen (secondary N) is 1. The summed E-state index contributed by atoms with van der Waals surface area (Å²) in [7, 11) is 0. The highest BCUT2D eigenvalue weighted by atomic mass is 15.2. The highest BCUT2D eigenvalue weighted by molar-refractivity contribution is 5.51. The number of para-hydroxylation sites is 1. The van der Waals surface area contributed by atoms with Gasteiger partial charge in [0, 0.05) is 31.4 Å². The summed E-state index contributed by atoms with van der Waals surface area (Å²) in [6.07, 6.45) is 1.15. The van der Waals surface area contributed by atoms with Crippen molar-refractivity contribution in [1.82, 2.24) is 4.90 Å². The van der Waals surface area contributed by atoms with Crippen LogP contribution in [0.5, 0.6) is 0 Å². The fourth-order valence-electron chi connectivity index (χ4n) is 2.14. The Morgan fingerprint density at radius 3 is 2.80 bits per heavy atom. The Hall–Kier alpha value is -1.02. The lowest BCUT2D eigenvalue weighted by molar-refractivity contribution is 0.231. The van der Waals surface area contributed by atoms with Crippen LogP contribution in [0.2, 0.25) is 0 Å². The number of rotatable bonds is 1. The molecule has 0 aliphatic carbocycles. The van der Waals surface area contributed by atoms with E-state index in [4.69, 9.17) is 0 Å². The first-order valence-corrected chi connectivity index (χ1v) is 5.83. The number of nitrogens with zero attached hydrogens (tertiary/aromatic N) is 1. The van der Waals surface area contributed by atoms with E-state index in [9.17, 15) is 0 Å². The largest absolute Gasteiger partial charge is 0.384 e. The molecule has 2 heteroatoms. The van der Waals surface area contributed by atoms with Gasteiger partial charge in [0.25, 0.3) is 0 Å². The van der Waals surface area contributed by atoms with Crippen molar-refractivity contribution in [2.24, 2.45) is 0 Å². The fraction of sp³-hybridized carbons (Fsp3) is 0.538. The van der Waals surface area contributed by atoms with Crippen LogP contribution in [0.1, 0.15) is 19.4 Å². The molecule has 1 N–H and O–H groups in total. The molecule has 0 spiro atoms. The Morgan fingerprint density at radius 1 is 1.20 bits per heavy atom. The molecule has 0 aromatic heterocycles. The topological polar surface area (TPSA) is 15.3 Å². The van der Waals surface area contributed by atoms with E-state index in [2.05, 4.69) is 48.3 Å². The second-order valence-electron chi connectivity index (χ2n) is 4.46. The van der Waals surface area contributed by atoms with Crippen molar-refractivity contribution in [3.8, 4) is 0 Å². The molecule has 0 amide bonds. The van der Waals surface area contributed by atoms with Gasteiger partial charge < -0.3 is 5.32 Å². The smallest absolute Gasteiger partial charge is 0.0373 e. The van der Waals surface area contributed by atoms with Gasteiger partial charge in [-0.05, 0) is 31.9 Å². The van der Waals surface area contributed by atoms with Gasteiger partial charge in [0.15, 0.2) is 0 Å². The number of hydrogen-bond acceptors (Lipinski definition) is 2. The minimum absolute atomic E-state index is 0.650. The minimum Gasteiger partial charge on any atom is -0.384 e. The second-order valence-corrected chi connectivity index (χ2v) is 4.46. The molecule has 0 saturated carbocycles. The Bertz CT molecular complexity index is 320. The molecule has 82 valence electrons. The van der Waals surface area contributed by atoms with E-state index in [1.165, 1.54) is 17.8 Å². The Balaban J connectivity index is 2.11. The predicted molar refractivity (Wildman–Crippen MR) is 65.3 cm³/mol. The van der Waals surface area contributed by atoms with E-state index in [0.29, 0.717) is 6.04 Å². The van der Waals surface area contributed by atoms with Crippen LogP contribution in [0.3, 0.4) is 0 Å². The van der Waals surface area contributed by atoms with Gasteiger partial charge >= 0.3 is 0 Å². The zero-order chi connectivity index (χ0) is 10.7. The van der Waals surface area contributed by atoms with Gasteiger partial charge in [-0.1, -0.05) is 18.2 Å². The average molecular weight is 204 g/mol. The van der Waals surface area contributed by atoms with E-state index in [1.54, 1.807) is 0 Å². The first-order valence-electron chi connectivity index (χ1n) is 5.83. The van der Waals surface area contributed by atoms with Crippen LogP contribution in [-0.2, 0) is 6.42 Å². The van der Waals surface area contributed by atoms with Crippen LogP contribution >= 0.6 is 0 Å². The molecule has 1 aliphatic heterocycles. The van der Waals surface area contributed by atoms with Gasteiger partial charge in [-0.2, -0.15) is 0 Å². The highest BCUT2D eigenvalue weighted by Crippen LogP contribution is 2.18. The van der Waals surface area contributed by atoms with Crippen molar-refractivity contribution in [3.05, 3.63) is 29.8 Å². The molecule has 1 heterocycles. The number of anilines is 1. The van der Waals surface area contributed by atoms with Gasteiger partial charge in [-0.25, -0.2) is 0 Å². The first-order chi connectivity index (χ1) is 7.27. The molecule has 2 rings (SSSR count). The van der Waals surface area contributed by atoms with Gasteiger partial charge in [-0.15, -0.1) is 0 Å². The lowest BCUT2D eigenvalue weighted by Gasteiger charge is -2.29. The Labute approximate surface area is 92.3 Å². The maximum Gasteiger partial charge on any atom is 0.0373 e. The van der Waals surface area contributed by atoms with Crippen LogP contribution < -0.4 is 5.32 Å². The molecular weight excluding hydrogens is 184 g/mol. The van der Waals surface area contributed by atoms with E-state index < -0.39 is 0 Å². The van der Waals surface area contributed by atoms with E-state index in [1.807, 2.05) is 0 Å². The van der Waals surface area contributed by atoms with Gasteiger partial charge in [0.05, 0.1) is 0 Å². The van der Waals surface area contributed by atoms with Gasteiger partial charge in [0.1, 0.15) is 0 Å². The third kappa shape index (κ3) is 2.51. The van der Waals surface area contributed by atoms with Crippen LogP contribution in [0.4, 0.5) is 5.69 Å². The molecule has 1 aromatic carbocycles. The quantitative estimate of drug-likeness (QED) is 0.755. The maximum absolute atomic E-state index is 3.51. The van der Waals surface area contributed by atoms with Crippen molar-refractivity contribution >= 4 is 5.69 Å². The molecule has 0 radical (unpaired) electrons. The zero-order valence-corrected chi connectivity index (χ0v) is 9.66. The molecule has 0 saturated heterocycles. The summed E-state index contributed by atoms with van der Waals surface area (Å²) in [5, 5.41) is 3.51. The number of fused-ring (bicyclic) bond motifs is 1. The summed E-state index contributed by atoms with van der Waals surface area (Å²) in [6.45, 7) is 7.92. The van der Waals surface area contributed by atoms with Crippen molar-refractivity contribution in [2.75, 3.05) is 25.0 Å². The van der Waals surface area contributed by atoms with Crippen molar-refractivity contribution in [3.63, 3.8) is 0 Å². The fourth-order valence-corrected chi connectivity index (χ4v) is 2.14. The van der Waals surface area contributed by atoms with Crippen molar-refractivity contribution in [1.29, 1.82) is 0 Å². The van der Waals surface area contributed by atoms with Crippen LogP contribution in [-0.4, -0.2) is 30.6 Å². The third-order valence-electron chi connectivity index (χ3n) is 3.13. The van der Waals surface area contributed by atoms with Crippen LogP contribution in [0.25, 0.3) is 0 Å². The lowest BCUT2D eigenvalue weighted by Crippen LogP contribution is -2.38. The summed E-state index contributed by atoms with van der Waals surface area (Å²) >= 11 is 0. The molecule has 0 bridgehead atoms. The molecule has 2 nitrogen and oxygen atoms in total. The number of hydrogen-bond donors (Lipinski definition) is 1. The zero-order valence-electron chi connectivity index (χ0n) is 9.66. The third-order valence-corrected chi connectivity index (χ3v) is 3.13. The molecule has 0 fully saturated rings.